The molecule has 0 unspecified atom stereocenters. The van der Waals surface area contributed by atoms with Crippen LogP contribution in [-0.2, 0) is 20.0 Å². The number of anilines is 1. The highest BCUT2D eigenvalue weighted by Crippen LogP contribution is 2.30. The van der Waals surface area contributed by atoms with Crippen LogP contribution in [-0.4, -0.2) is 41.5 Å². The first-order valence-electron chi connectivity index (χ1n) is 8.16. The third-order valence-electron chi connectivity index (χ3n) is 4.59. The predicted octanol–water partition coefficient (Wildman–Crippen LogP) is 1.71. The maximum atomic E-state index is 4.86. The summed E-state index contributed by atoms with van der Waals surface area (Å²) in [6, 6.07) is 3.86. The van der Waals surface area contributed by atoms with Gasteiger partial charge in [-0.25, -0.2) is 9.97 Å². The van der Waals surface area contributed by atoms with Gasteiger partial charge in [0.05, 0.1) is 17.8 Å². The Kier molecular flexibility index (Phi) is 3.03. The van der Waals surface area contributed by atoms with Crippen molar-refractivity contribution in [3.63, 3.8) is 0 Å². The van der Waals surface area contributed by atoms with Crippen LogP contribution in [0.1, 0.15) is 11.3 Å². The molecule has 0 bridgehead atoms. The van der Waals surface area contributed by atoms with E-state index in [2.05, 4.69) is 25.2 Å². The lowest BCUT2D eigenvalue weighted by molar-refractivity contribution is 0.713. The summed E-state index contributed by atoms with van der Waals surface area (Å²) in [5.41, 5.74) is 4.14. The third kappa shape index (κ3) is 2.25. The SMILES string of the molecule is Cn1ncc2c(N3CCc4[nH]ncc4C3)nc(-c3cccnc3)nc21. The van der Waals surface area contributed by atoms with Crippen LogP contribution in [0.15, 0.2) is 36.9 Å². The second kappa shape index (κ2) is 5.37. The number of hydrogen-bond acceptors (Lipinski definition) is 6. The molecule has 5 rings (SSSR count). The van der Waals surface area contributed by atoms with E-state index in [1.807, 2.05) is 31.6 Å². The van der Waals surface area contributed by atoms with E-state index in [0.29, 0.717) is 5.82 Å². The van der Waals surface area contributed by atoms with Gasteiger partial charge in [0.15, 0.2) is 11.5 Å². The largest absolute Gasteiger partial charge is 0.351 e. The molecule has 0 fully saturated rings. The molecule has 1 N–H and O–H groups in total. The van der Waals surface area contributed by atoms with Crippen molar-refractivity contribution in [3.8, 4) is 11.4 Å². The number of hydrogen-bond donors (Lipinski definition) is 1. The monoisotopic (exact) mass is 332 g/mol. The molecule has 0 atom stereocenters. The summed E-state index contributed by atoms with van der Waals surface area (Å²) in [6.45, 7) is 1.65. The first-order chi connectivity index (χ1) is 12.3. The molecule has 1 aliphatic rings. The van der Waals surface area contributed by atoms with Crippen LogP contribution >= 0.6 is 0 Å². The maximum Gasteiger partial charge on any atom is 0.165 e. The van der Waals surface area contributed by atoms with Crippen LogP contribution in [0.4, 0.5) is 5.82 Å². The molecule has 0 aliphatic carbocycles. The Hall–Kier alpha value is -3.29. The van der Waals surface area contributed by atoms with E-state index in [1.165, 1.54) is 11.3 Å². The maximum absolute atomic E-state index is 4.86. The highest BCUT2D eigenvalue weighted by Gasteiger charge is 2.23. The standard InChI is InChI=1S/C17H16N8/c1-24-16-13(9-20-24)17(22-15(21-16)11-3-2-5-18-7-11)25-6-4-14-12(10-25)8-19-23-14/h2-3,5,7-9H,4,6,10H2,1H3,(H,19,23). The Balaban J connectivity index is 1.67. The van der Waals surface area contributed by atoms with E-state index >= 15 is 0 Å². The van der Waals surface area contributed by atoms with Crippen LogP contribution in [0.3, 0.4) is 0 Å². The molecular formula is C17H16N8. The van der Waals surface area contributed by atoms with Crippen LogP contribution in [0.25, 0.3) is 22.4 Å². The first kappa shape index (κ1) is 14.1. The minimum atomic E-state index is 0.664. The van der Waals surface area contributed by atoms with Gasteiger partial charge in [-0.2, -0.15) is 10.2 Å². The van der Waals surface area contributed by atoms with Crippen molar-refractivity contribution >= 4 is 16.9 Å². The highest BCUT2D eigenvalue weighted by atomic mass is 15.3. The molecule has 124 valence electrons. The third-order valence-corrected chi connectivity index (χ3v) is 4.59. The van der Waals surface area contributed by atoms with Crippen molar-refractivity contribution in [3.05, 3.63) is 48.2 Å². The van der Waals surface area contributed by atoms with E-state index in [-0.39, 0.29) is 0 Å². The van der Waals surface area contributed by atoms with Crippen LogP contribution < -0.4 is 4.90 Å². The Morgan fingerprint density at radius 3 is 3.00 bits per heavy atom. The zero-order valence-corrected chi connectivity index (χ0v) is 13.7. The second-order valence-corrected chi connectivity index (χ2v) is 6.16. The molecule has 0 radical (unpaired) electrons. The molecule has 8 heteroatoms. The number of rotatable bonds is 2. The Morgan fingerprint density at radius 2 is 2.12 bits per heavy atom. The van der Waals surface area contributed by atoms with E-state index in [1.54, 1.807) is 17.1 Å². The zero-order chi connectivity index (χ0) is 16.8. The number of aromatic amines is 1. The van der Waals surface area contributed by atoms with Crippen LogP contribution in [0.2, 0.25) is 0 Å². The van der Waals surface area contributed by atoms with Crippen LogP contribution in [0, 0.1) is 0 Å². The van der Waals surface area contributed by atoms with Crippen LogP contribution in [0.5, 0.6) is 0 Å². The number of fused-ring (bicyclic) bond motifs is 2. The Morgan fingerprint density at radius 1 is 1.16 bits per heavy atom. The lowest BCUT2D eigenvalue weighted by atomic mass is 10.1. The quantitative estimate of drug-likeness (QED) is 0.601. The molecule has 5 heterocycles. The van der Waals surface area contributed by atoms with Crippen molar-refractivity contribution in [1.29, 1.82) is 0 Å². The summed E-state index contributed by atoms with van der Waals surface area (Å²) < 4.78 is 1.79. The molecule has 0 spiro atoms. The number of aryl methyl sites for hydroxylation is 1. The van der Waals surface area contributed by atoms with E-state index in [9.17, 15) is 0 Å². The van der Waals surface area contributed by atoms with Gasteiger partial charge in [0.2, 0.25) is 0 Å². The molecule has 0 saturated heterocycles. The molecule has 0 saturated carbocycles. The minimum absolute atomic E-state index is 0.664. The van der Waals surface area contributed by atoms with Gasteiger partial charge < -0.3 is 4.90 Å². The summed E-state index contributed by atoms with van der Waals surface area (Å²) in [7, 11) is 1.90. The van der Waals surface area contributed by atoms with E-state index in [4.69, 9.17) is 9.97 Å². The van der Waals surface area contributed by atoms with Gasteiger partial charge in [-0.05, 0) is 12.1 Å². The highest BCUT2D eigenvalue weighted by molar-refractivity contribution is 5.88. The van der Waals surface area contributed by atoms with Gasteiger partial charge in [0, 0.05) is 55.8 Å². The molecule has 0 amide bonds. The number of H-pyrrole nitrogens is 1. The normalized spacial score (nSPS) is 14.0. The van der Waals surface area contributed by atoms with E-state index < -0.39 is 0 Å². The van der Waals surface area contributed by atoms with Gasteiger partial charge in [-0.15, -0.1) is 0 Å². The Bertz CT molecular complexity index is 1050. The average Bonchev–Trinajstić information content (AvgIpc) is 3.28. The molecular weight excluding hydrogens is 316 g/mol. The fraction of sp³-hybridized carbons (Fsp3) is 0.235. The number of nitrogens with zero attached hydrogens (tertiary/aromatic N) is 7. The summed E-state index contributed by atoms with van der Waals surface area (Å²) in [4.78, 5) is 16.0. The smallest absolute Gasteiger partial charge is 0.165 e. The molecule has 25 heavy (non-hydrogen) atoms. The summed E-state index contributed by atoms with van der Waals surface area (Å²) in [6.07, 6.45) is 8.18. The molecule has 8 nitrogen and oxygen atoms in total. The number of nitrogens with one attached hydrogen (secondary N) is 1. The van der Waals surface area contributed by atoms with Gasteiger partial charge >= 0.3 is 0 Å². The minimum Gasteiger partial charge on any atom is -0.351 e. The fourth-order valence-electron chi connectivity index (χ4n) is 3.28. The molecule has 4 aromatic heterocycles. The summed E-state index contributed by atoms with van der Waals surface area (Å²) in [5, 5.41) is 12.6. The lowest BCUT2D eigenvalue weighted by Crippen LogP contribution is -2.31. The van der Waals surface area contributed by atoms with Crippen molar-refractivity contribution in [2.24, 2.45) is 7.05 Å². The van der Waals surface area contributed by atoms with Gasteiger partial charge in [-0.1, -0.05) is 0 Å². The van der Waals surface area contributed by atoms with E-state index in [0.717, 1.165) is 41.9 Å². The lowest BCUT2D eigenvalue weighted by Gasteiger charge is -2.28. The summed E-state index contributed by atoms with van der Waals surface area (Å²) in [5.74, 6) is 1.57. The number of pyridine rings is 1. The predicted molar refractivity (Wildman–Crippen MR) is 92.9 cm³/mol. The Labute approximate surface area is 143 Å². The number of aromatic nitrogens is 7. The summed E-state index contributed by atoms with van der Waals surface area (Å²) >= 11 is 0. The van der Waals surface area contributed by atoms with Crippen molar-refractivity contribution in [2.75, 3.05) is 11.4 Å². The zero-order valence-electron chi connectivity index (χ0n) is 13.7. The average molecular weight is 332 g/mol. The van der Waals surface area contributed by atoms with Crippen molar-refractivity contribution in [2.45, 2.75) is 13.0 Å². The first-order valence-corrected chi connectivity index (χ1v) is 8.16. The van der Waals surface area contributed by atoms with Crippen molar-refractivity contribution in [1.82, 2.24) is 34.9 Å². The molecule has 1 aliphatic heterocycles. The van der Waals surface area contributed by atoms with Gasteiger partial charge in [-0.3, -0.25) is 14.8 Å². The van der Waals surface area contributed by atoms with Gasteiger partial charge in [0.1, 0.15) is 5.82 Å². The fourth-order valence-corrected chi connectivity index (χ4v) is 3.28. The van der Waals surface area contributed by atoms with Gasteiger partial charge in [0.25, 0.3) is 0 Å². The van der Waals surface area contributed by atoms with Crippen molar-refractivity contribution < 1.29 is 0 Å². The molecule has 4 aromatic rings. The molecule has 0 aromatic carbocycles. The second-order valence-electron chi connectivity index (χ2n) is 6.16. The topological polar surface area (TPSA) is 88.4 Å².